The van der Waals surface area contributed by atoms with Crippen molar-refractivity contribution in [2.24, 2.45) is 10.9 Å². The van der Waals surface area contributed by atoms with E-state index in [1.807, 2.05) is 0 Å². The molecule has 0 aliphatic carbocycles. The minimum atomic E-state index is 0.486. The third-order valence-corrected chi connectivity index (χ3v) is 3.03. The van der Waals surface area contributed by atoms with Crippen molar-refractivity contribution in [1.29, 1.82) is 0 Å². The van der Waals surface area contributed by atoms with Crippen LogP contribution in [0.1, 0.15) is 19.3 Å². The van der Waals surface area contributed by atoms with Crippen molar-refractivity contribution in [3.63, 3.8) is 0 Å². The SMILES string of the molecule is C#CCNC(=NC)NCCCOCC1CCOCC1. The number of ether oxygens (including phenoxy) is 2. The minimum Gasteiger partial charge on any atom is -0.381 e. The second-order valence-corrected chi connectivity index (χ2v) is 4.54. The van der Waals surface area contributed by atoms with Gasteiger partial charge in [-0.2, -0.15) is 0 Å². The quantitative estimate of drug-likeness (QED) is 0.307. The van der Waals surface area contributed by atoms with Crippen LogP contribution in [0.5, 0.6) is 0 Å². The minimum absolute atomic E-state index is 0.486. The zero-order chi connectivity index (χ0) is 13.8. The maximum absolute atomic E-state index is 5.68. The van der Waals surface area contributed by atoms with Crippen LogP contribution < -0.4 is 10.6 Å². The highest BCUT2D eigenvalue weighted by molar-refractivity contribution is 5.79. The zero-order valence-corrected chi connectivity index (χ0v) is 11.8. The van der Waals surface area contributed by atoms with E-state index >= 15 is 0 Å². The fourth-order valence-corrected chi connectivity index (χ4v) is 1.90. The molecule has 0 unspecified atom stereocenters. The Balaban J connectivity index is 1.94. The number of aliphatic imine (C=N–C) groups is 1. The van der Waals surface area contributed by atoms with Gasteiger partial charge in [-0.05, 0) is 25.2 Å². The standard InChI is InChI=1S/C14H25N3O2/c1-3-7-16-14(15-2)17-8-4-9-19-12-13-5-10-18-11-6-13/h1,13H,4-12H2,2H3,(H2,15,16,17). The maximum atomic E-state index is 5.68. The van der Waals surface area contributed by atoms with Crippen LogP contribution in [0.2, 0.25) is 0 Å². The van der Waals surface area contributed by atoms with Gasteiger partial charge in [-0.15, -0.1) is 6.42 Å². The molecule has 1 saturated heterocycles. The fourth-order valence-electron chi connectivity index (χ4n) is 1.90. The summed E-state index contributed by atoms with van der Waals surface area (Å²) in [7, 11) is 1.73. The molecule has 0 aromatic heterocycles. The van der Waals surface area contributed by atoms with Gasteiger partial charge in [0.1, 0.15) is 0 Å². The molecule has 1 aliphatic rings. The van der Waals surface area contributed by atoms with E-state index in [0.29, 0.717) is 12.5 Å². The van der Waals surface area contributed by atoms with Gasteiger partial charge < -0.3 is 20.1 Å². The highest BCUT2D eigenvalue weighted by atomic mass is 16.5. The number of guanidine groups is 1. The second kappa shape index (κ2) is 10.7. The van der Waals surface area contributed by atoms with Crippen LogP contribution in [0.4, 0.5) is 0 Å². The van der Waals surface area contributed by atoms with Crippen LogP contribution in [0.25, 0.3) is 0 Å². The molecule has 1 fully saturated rings. The zero-order valence-electron chi connectivity index (χ0n) is 11.8. The van der Waals surface area contributed by atoms with Crippen LogP contribution in [-0.4, -0.2) is 52.5 Å². The lowest BCUT2D eigenvalue weighted by molar-refractivity contribution is 0.0203. The van der Waals surface area contributed by atoms with Gasteiger partial charge in [0.15, 0.2) is 5.96 Å². The van der Waals surface area contributed by atoms with E-state index in [2.05, 4.69) is 21.5 Å². The highest BCUT2D eigenvalue weighted by Crippen LogP contribution is 2.14. The maximum Gasteiger partial charge on any atom is 0.191 e. The number of nitrogens with zero attached hydrogens (tertiary/aromatic N) is 1. The average Bonchev–Trinajstić information content (AvgIpc) is 2.47. The van der Waals surface area contributed by atoms with E-state index in [-0.39, 0.29) is 0 Å². The Labute approximate surface area is 116 Å². The smallest absolute Gasteiger partial charge is 0.191 e. The van der Waals surface area contributed by atoms with Crippen LogP contribution in [0.3, 0.4) is 0 Å². The van der Waals surface area contributed by atoms with E-state index in [0.717, 1.165) is 58.2 Å². The van der Waals surface area contributed by atoms with Gasteiger partial charge in [-0.1, -0.05) is 5.92 Å². The van der Waals surface area contributed by atoms with Crippen molar-refractivity contribution in [3.8, 4) is 12.3 Å². The average molecular weight is 267 g/mol. The highest BCUT2D eigenvalue weighted by Gasteiger charge is 2.13. The Bertz CT molecular complexity index is 294. The number of terminal acetylenes is 1. The Morgan fingerprint density at radius 1 is 1.42 bits per heavy atom. The molecule has 0 amide bonds. The van der Waals surface area contributed by atoms with Crippen molar-refractivity contribution < 1.29 is 9.47 Å². The van der Waals surface area contributed by atoms with Crippen molar-refractivity contribution in [1.82, 2.24) is 10.6 Å². The summed E-state index contributed by atoms with van der Waals surface area (Å²) >= 11 is 0. The molecule has 0 aromatic rings. The normalized spacial score (nSPS) is 16.9. The number of rotatable bonds is 7. The molecule has 0 atom stereocenters. The summed E-state index contributed by atoms with van der Waals surface area (Å²) in [6.07, 6.45) is 8.38. The third-order valence-electron chi connectivity index (χ3n) is 3.03. The van der Waals surface area contributed by atoms with Gasteiger partial charge in [-0.3, -0.25) is 4.99 Å². The van der Waals surface area contributed by atoms with E-state index in [9.17, 15) is 0 Å². The monoisotopic (exact) mass is 267 g/mol. The van der Waals surface area contributed by atoms with E-state index < -0.39 is 0 Å². The third kappa shape index (κ3) is 7.70. The van der Waals surface area contributed by atoms with Crippen LogP contribution >= 0.6 is 0 Å². The Morgan fingerprint density at radius 2 is 2.21 bits per heavy atom. The molecule has 1 aliphatic heterocycles. The van der Waals surface area contributed by atoms with Gasteiger partial charge in [0.05, 0.1) is 6.54 Å². The lowest BCUT2D eigenvalue weighted by atomic mass is 10.0. The second-order valence-electron chi connectivity index (χ2n) is 4.54. The number of nitrogens with one attached hydrogen (secondary N) is 2. The van der Waals surface area contributed by atoms with Crippen molar-refractivity contribution in [2.45, 2.75) is 19.3 Å². The molecule has 108 valence electrons. The van der Waals surface area contributed by atoms with Crippen LogP contribution in [-0.2, 0) is 9.47 Å². The Hall–Kier alpha value is -1.25. The largest absolute Gasteiger partial charge is 0.381 e. The molecule has 0 radical (unpaired) electrons. The number of hydrogen-bond donors (Lipinski definition) is 2. The first kappa shape index (κ1) is 15.8. The lowest BCUT2D eigenvalue weighted by Gasteiger charge is -2.21. The topological polar surface area (TPSA) is 54.9 Å². The van der Waals surface area contributed by atoms with Crippen molar-refractivity contribution in [3.05, 3.63) is 0 Å². The summed E-state index contributed by atoms with van der Waals surface area (Å²) < 4.78 is 11.0. The van der Waals surface area contributed by atoms with Gasteiger partial charge in [-0.25, -0.2) is 0 Å². The van der Waals surface area contributed by atoms with Crippen molar-refractivity contribution in [2.75, 3.05) is 46.6 Å². The molecule has 0 aromatic carbocycles. The Kier molecular flexibility index (Phi) is 8.86. The van der Waals surface area contributed by atoms with Crippen LogP contribution in [0, 0.1) is 18.3 Å². The molecule has 2 N–H and O–H groups in total. The van der Waals surface area contributed by atoms with Gasteiger partial charge in [0, 0.05) is 40.0 Å². The molecular formula is C14H25N3O2. The predicted molar refractivity (Wildman–Crippen MR) is 77.2 cm³/mol. The van der Waals surface area contributed by atoms with E-state index in [1.165, 1.54) is 0 Å². The molecule has 0 spiro atoms. The van der Waals surface area contributed by atoms with Gasteiger partial charge >= 0.3 is 0 Å². The molecule has 5 nitrogen and oxygen atoms in total. The summed E-state index contributed by atoms with van der Waals surface area (Å²) in [6.45, 7) is 4.71. The summed E-state index contributed by atoms with van der Waals surface area (Å²) in [5.41, 5.74) is 0. The molecule has 1 heterocycles. The first-order valence-corrected chi connectivity index (χ1v) is 6.90. The molecule has 1 rings (SSSR count). The van der Waals surface area contributed by atoms with Crippen LogP contribution in [0.15, 0.2) is 4.99 Å². The lowest BCUT2D eigenvalue weighted by Crippen LogP contribution is -2.38. The summed E-state index contributed by atoms with van der Waals surface area (Å²) in [5.74, 6) is 3.92. The summed E-state index contributed by atoms with van der Waals surface area (Å²) in [4.78, 5) is 4.06. The summed E-state index contributed by atoms with van der Waals surface area (Å²) in [5, 5.41) is 6.20. The first-order chi connectivity index (χ1) is 9.36. The Morgan fingerprint density at radius 3 is 2.89 bits per heavy atom. The number of hydrogen-bond acceptors (Lipinski definition) is 3. The summed E-state index contributed by atoms with van der Waals surface area (Å²) in [6, 6.07) is 0. The van der Waals surface area contributed by atoms with Gasteiger partial charge in [0.2, 0.25) is 0 Å². The van der Waals surface area contributed by atoms with Crippen molar-refractivity contribution >= 4 is 5.96 Å². The van der Waals surface area contributed by atoms with E-state index in [4.69, 9.17) is 15.9 Å². The molecule has 19 heavy (non-hydrogen) atoms. The molecule has 0 bridgehead atoms. The predicted octanol–water partition coefficient (Wildman–Crippen LogP) is 0.618. The fraction of sp³-hybridized carbons (Fsp3) is 0.786. The molecule has 0 saturated carbocycles. The molecular weight excluding hydrogens is 242 g/mol. The van der Waals surface area contributed by atoms with E-state index in [1.54, 1.807) is 7.05 Å². The molecule has 5 heteroatoms. The first-order valence-electron chi connectivity index (χ1n) is 6.90. The van der Waals surface area contributed by atoms with Gasteiger partial charge in [0.25, 0.3) is 0 Å².